The van der Waals surface area contributed by atoms with Crippen LogP contribution in [0.25, 0.3) is 66.8 Å². The van der Waals surface area contributed by atoms with Crippen molar-refractivity contribution in [2.75, 3.05) is 9.80 Å². The molecule has 2 nitrogen and oxygen atoms in total. The van der Waals surface area contributed by atoms with Crippen LogP contribution in [0.2, 0.25) is 0 Å². The quantitative estimate of drug-likeness (QED) is 0.159. The second-order valence-electron chi connectivity index (χ2n) is 28.9. The van der Waals surface area contributed by atoms with E-state index in [9.17, 15) is 0 Å². The first-order valence-corrected chi connectivity index (χ1v) is 31.1. The molecule has 0 bridgehead atoms. The van der Waals surface area contributed by atoms with Gasteiger partial charge in [-0.3, -0.25) is 0 Å². The third kappa shape index (κ3) is 8.45. The second-order valence-corrected chi connectivity index (χ2v) is 28.9. The molecule has 4 heterocycles. The van der Waals surface area contributed by atoms with Crippen molar-refractivity contribution < 1.29 is 0 Å². The molecule has 4 heteroatoms. The lowest BCUT2D eigenvalue weighted by molar-refractivity contribution is 0.568. The summed E-state index contributed by atoms with van der Waals surface area (Å²) in [6.07, 6.45) is 0. The van der Waals surface area contributed by atoms with Crippen LogP contribution in [0.15, 0.2) is 231 Å². The number of anilines is 6. The maximum atomic E-state index is 2.70. The van der Waals surface area contributed by atoms with Crippen molar-refractivity contribution in [2.24, 2.45) is 0 Å². The highest BCUT2D eigenvalue weighted by molar-refractivity contribution is 7.01. The van der Waals surface area contributed by atoms with Gasteiger partial charge in [-0.25, -0.2) is 0 Å². The second kappa shape index (κ2) is 19.3. The van der Waals surface area contributed by atoms with Crippen molar-refractivity contribution in [3.05, 3.63) is 253 Å². The minimum Gasteiger partial charge on any atom is -0.311 e. The van der Waals surface area contributed by atoms with Crippen LogP contribution in [0.1, 0.15) is 105 Å². The summed E-state index contributed by atoms with van der Waals surface area (Å²) >= 11 is 0. The van der Waals surface area contributed by atoms with E-state index in [4.69, 9.17) is 0 Å². The number of fused-ring (bicyclic) bond motifs is 18. The Kier molecular flexibility index (Phi) is 12.1. The highest BCUT2D eigenvalue weighted by Gasteiger charge is 2.46. The molecule has 0 aromatic heterocycles. The largest absolute Gasteiger partial charge is 0.311 e. The first kappa shape index (κ1) is 53.8. The van der Waals surface area contributed by atoms with Crippen LogP contribution < -0.4 is 42.6 Å². The van der Waals surface area contributed by atoms with E-state index in [1.807, 2.05) is 0 Å². The summed E-state index contributed by atoms with van der Waals surface area (Å²) in [5.74, 6) is 0. The van der Waals surface area contributed by atoms with Gasteiger partial charge in [0.05, 0.1) is 0 Å². The van der Waals surface area contributed by atoms with E-state index in [2.05, 4.69) is 323 Å². The van der Waals surface area contributed by atoms with Gasteiger partial charge in [-0.2, -0.15) is 0 Å². The molecule has 0 saturated carbocycles. The Morgan fingerprint density at radius 2 is 0.465 bits per heavy atom. The Balaban J connectivity index is 1.16. The average molecular weight is 1110 g/mol. The van der Waals surface area contributed by atoms with Crippen LogP contribution in [0.3, 0.4) is 0 Å². The molecule has 4 aliphatic heterocycles. The normalized spacial score (nSPS) is 13.7. The number of rotatable bonds is 2. The molecule has 418 valence electrons. The van der Waals surface area contributed by atoms with Gasteiger partial charge in [0.25, 0.3) is 0 Å². The van der Waals surface area contributed by atoms with E-state index >= 15 is 0 Å². The lowest BCUT2D eigenvalue weighted by Gasteiger charge is -2.44. The standard InChI is InChI=1S/C82H74B2N2/c1-79(2,3)51-43-52(80(4,5)6)46-55(45-51)85-73-41-25-37-67-63-33-19-15-29-59(63)57-27-13-17-31-61(57)65-35-21-23-39-69(65)83(77(67)73)71-50-76-72(49-75(71)85)84-70-40-24-22-36-66(70)62-32-18-14-28-58(62)60-30-16-20-34-64(60)68-38-26-42-74(78(68)84)86(76)56-47-53(81(7,8)9)44-54(48-56)82(10,11)12/h13-50H,1-12H3. The van der Waals surface area contributed by atoms with Gasteiger partial charge in [-0.05, 0) is 181 Å². The summed E-state index contributed by atoms with van der Waals surface area (Å²) in [5.41, 5.74) is 34.8. The zero-order valence-electron chi connectivity index (χ0n) is 52.0. The van der Waals surface area contributed by atoms with Crippen molar-refractivity contribution in [3.63, 3.8) is 0 Å². The van der Waals surface area contributed by atoms with Gasteiger partial charge in [-0.15, -0.1) is 0 Å². The molecule has 86 heavy (non-hydrogen) atoms. The van der Waals surface area contributed by atoms with Crippen LogP contribution >= 0.6 is 0 Å². The third-order valence-electron chi connectivity index (χ3n) is 19.3. The van der Waals surface area contributed by atoms with Crippen molar-refractivity contribution in [1.82, 2.24) is 0 Å². The van der Waals surface area contributed by atoms with E-state index in [0.717, 1.165) is 0 Å². The Bertz CT molecular complexity index is 4250. The lowest BCUT2D eigenvalue weighted by atomic mass is 9.31. The fourth-order valence-electron chi connectivity index (χ4n) is 14.8. The predicted molar refractivity (Wildman–Crippen MR) is 373 cm³/mol. The predicted octanol–water partition coefficient (Wildman–Crippen LogP) is 18.1. The first-order chi connectivity index (χ1) is 41.2. The molecule has 11 aromatic carbocycles. The van der Waals surface area contributed by atoms with Crippen molar-refractivity contribution in [1.29, 1.82) is 0 Å². The molecule has 0 amide bonds. The Hall–Kier alpha value is -8.85. The van der Waals surface area contributed by atoms with E-state index < -0.39 is 0 Å². The molecule has 4 aliphatic rings. The van der Waals surface area contributed by atoms with Crippen LogP contribution in [0.5, 0.6) is 0 Å². The zero-order valence-corrected chi connectivity index (χ0v) is 52.0. The summed E-state index contributed by atoms with van der Waals surface area (Å²) in [6.45, 7) is 28.1. The topological polar surface area (TPSA) is 6.48 Å². The Morgan fingerprint density at radius 3 is 0.756 bits per heavy atom. The van der Waals surface area contributed by atoms with Crippen LogP contribution in [0.4, 0.5) is 34.1 Å². The summed E-state index contributed by atoms with van der Waals surface area (Å²) in [7, 11) is 0. The lowest BCUT2D eigenvalue weighted by Crippen LogP contribution is -2.62. The summed E-state index contributed by atoms with van der Waals surface area (Å²) in [5, 5.41) is 0. The fourth-order valence-corrected chi connectivity index (χ4v) is 14.8. The summed E-state index contributed by atoms with van der Waals surface area (Å²) < 4.78 is 0. The molecule has 0 aliphatic carbocycles. The minimum atomic E-state index is -0.173. The van der Waals surface area contributed by atoms with Crippen LogP contribution in [-0.2, 0) is 21.7 Å². The average Bonchev–Trinajstić information content (AvgIpc) is 1.04. The molecule has 0 N–H and O–H groups in total. The highest BCUT2D eigenvalue weighted by atomic mass is 15.2. The number of hydrogen-bond donors (Lipinski definition) is 0. The molecule has 0 fully saturated rings. The fraction of sp³-hybridized carbons (Fsp3) is 0.195. The maximum absolute atomic E-state index is 2.70. The van der Waals surface area contributed by atoms with Gasteiger partial charge >= 0.3 is 0 Å². The van der Waals surface area contributed by atoms with Crippen molar-refractivity contribution in [2.45, 2.75) is 105 Å². The van der Waals surface area contributed by atoms with Gasteiger partial charge < -0.3 is 9.80 Å². The van der Waals surface area contributed by atoms with E-state index in [1.165, 1.54) is 156 Å². The molecule has 15 rings (SSSR count). The first-order valence-electron chi connectivity index (χ1n) is 31.1. The molecule has 0 spiro atoms. The molecule has 0 saturated heterocycles. The van der Waals surface area contributed by atoms with E-state index in [0.29, 0.717) is 0 Å². The van der Waals surface area contributed by atoms with Gasteiger partial charge in [0, 0.05) is 34.1 Å². The van der Waals surface area contributed by atoms with Crippen molar-refractivity contribution in [3.8, 4) is 66.8 Å². The molecular formula is C82H74B2N2. The van der Waals surface area contributed by atoms with E-state index in [-0.39, 0.29) is 35.1 Å². The molecule has 0 radical (unpaired) electrons. The van der Waals surface area contributed by atoms with Gasteiger partial charge in [0.1, 0.15) is 0 Å². The minimum absolute atomic E-state index is 0.123. The van der Waals surface area contributed by atoms with Gasteiger partial charge in [-0.1, -0.05) is 276 Å². The third-order valence-corrected chi connectivity index (χ3v) is 19.3. The van der Waals surface area contributed by atoms with Gasteiger partial charge in [0.15, 0.2) is 0 Å². The van der Waals surface area contributed by atoms with Crippen LogP contribution in [0, 0.1) is 0 Å². The summed E-state index contributed by atoms with van der Waals surface area (Å²) in [6, 6.07) is 90.0. The molecule has 0 unspecified atom stereocenters. The zero-order chi connectivity index (χ0) is 59.3. The number of hydrogen-bond acceptors (Lipinski definition) is 2. The molecule has 11 aromatic rings. The maximum Gasteiger partial charge on any atom is 0.248 e. The monoisotopic (exact) mass is 1110 g/mol. The number of nitrogens with zero attached hydrogens (tertiary/aromatic N) is 2. The molecular weight excluding hydrogens is 1030 g/mol. The van der Waals surface area contributed by atoms with Crippen LogP contribution in [-0.4, -0.2) is 13.4 Å². The molecule has 0 atom stereocenters. The van der Waals surface area contributed by atoms with E-state index in [1.54, 1.807) is 0 Å². The smallest absolute Gasteiger partial charge is 0.248 e. The van der Waals surface area contributed by atoms with Gasteiger partial charge in [0.2, 0.25) is 13.4 Å². The Morgan fingerprint density at radius 1 is 0.221 bits per heavy atom. The SMILES string of the molecule is CC(C)(C)c1cc(N2c3cc4c(cc3B3c5ccccc5-c5ccccc5-c5ccccc5-c5cccc2c53)N(c2cc(C(C)(C)C)cc(C(C)(C)C)c2)c2cccc3c2B4c2ccccc2-c2ccccc2-c2ccccc2-3)cc(C(C)(C)C)c1. The number of benzene rings is 11. The highest BCUT2D eigenvalue weighted by Crippen LogP contribution is 2.50. The Labute approximate surface area is 511 Å². The van der Waals surface area contributed by atoms with Crippen molar-refractivity contribution >= 4 is 80.3 Å². The summed E-state index contributed by atoms with van der Waals surface area (Å²) in [4.78, 5) is 5.39.